The van der Waals surface area contributed by atoms with E-state index in [1.165, 1.54) is 18.2 Å². The molecule has 2 amide bonds. The van der Waals surface area contributed by atoms with Gasteiger partial charge in [0.25, 0.3) is 11.8 Å². The van der Waals surface area contributed by atoms with Crippen LogP contribution in [0, 0.1) is 5.82 Å². The number of carbonyl (C=O) groups is 2. The van der Waals surface area contributed by atoms with Crippen LogP contribution in [0.15, 0.2) is 66.7 Å². The Balaban J connectivity index is 1.59. The third kappa shape index (κ3) is 4.75. The maximum Gasteiger partial charge on any atom is 0.264 e. The predicted octanol–water partition coefficient (Wildman–Crippen LogP) is 5.43. The summed E-state index contributed by atoms with van der Waals surface area (Å²) in [5.74, 6) is -0.643. The van der Waals surface area contributed by atoms with E-state index in [2.05, 4.69) is 5.32 Å². The number of fused-ring (bicyclic) bond motifs is 1. The van der Waals surface area contributed by atoms with Crippen LogP contribution in [-0.2, 0) is 17.9 Å². The molecule has 0 saturated carbocycles. The summed E-state index contributed by atoms with van der Waals surface area (Å²) in [6, 6.07) is 18.3. The molecule has 1 aliphatic heterocycles. The molecule has 3 aromatic carbocycles. The third-order valence-corrected chi connectivity index (χ3v) is 5.56. The Morgan fingerprint density at radius 3 is 2.62 bits per heavy atom. The lowest BCUT2D eigenvalue weighted by Gasteiger charge is -2.23. The molecule has 7 heteroatoms. The van der Waals surface area contributed by atoms with Crippen molar-refractivity contribution < 1.29 is 18.7 Å². The Kier molecular flexibility index (Phi) is 6.42. The second kappa shape index (κ2) is 9.40. The van der Waals surface area contributed by atoms with Gasteiger partial charge in [-0.3, -0.25) is 9.59 Å². The summed E-state index contributed by atoms with van der Waals surface area (Å²) in [5, 5.41) is 3.35. The Bertz CT molecular complexity index is 1150. The summed E-state index contributed by atoms with van der Waals surface area (Å²) in [4.78, 5) is 27.3. The first-order valence-electron chi connectivity index (χ1n) is 10.3. The summed E-state index contributed by atoms with van der Waals surface area (Å²) in [7, 11) is 0. The number of hydrogen-bond donors (Lipinski definition) is 1. The number of nitrogens with one attached hydrogen (secondary N) is 1. The number of rotatable bonds is 5. The fraction of sp³-hybridized carbons (Fsp3) is 0.200. The van der Waals surface area contributed by atoms with Crippen LogP contribution in [0.1, 0.15) is 34.8 Å². The molecule has 1 N–H and O–H groups in total. The zero-order chi connectivity index (χ0) is 22.7. The number of carbonyl (C=O) groups excluding carboxylic acids is 2. The molecule has 0 bridgehead atoms. The number of hydrogen-bond acceptors (Lipinski definition) is 3. The summed E-state index contributed by atoms with van der Waals surface area (Å²) in [6.07, 6.45) is -0.0661. The van der Waals surface area contributed by atoms with Gasteiger partial charge in [-0.1, -0.05) is 42.8 Å². The molecule has 0 aliphatic carbocycles. The molecule has 0 fully saturated rings. The van der Waals surface area contributed by atoms with E-state index in [4.69, 9.17) is 16.3 Å². The predicted molar refractivity (Wildman–Crippen MR) is 121 cm³/mol. The monoisotopic (exact) mass is 452 g/mol. The fourth-order valence-electron chi connectivity index (χ4n) is 3.63. The minimum Gasteiger partial charge on any atom is -0.480 e. The van der Waals surface area contributed by atoms with Crippen LogP contribution in [0.3, 0.4) is 0 Å². The van der Waals surface area contributed by atoms with E-state index >= 15 is 0 Å². The number of amides is 2. The standard InChI is InChI=1S/C25H22ClFN2O3/c1-2-22-25(31)29(14-16-7-9-18(26)10-8-16)15-17-13-19(11-12-23(17)32-22)28-24(30)20-5-3-4-6-21(20)27/h3-13,22H,2,14-15H2,1H3,(H,28,30)/t22-/m1/s1. The molecule has 5 nitrogen and oxygen atoms in total. The van der Waals surface area contributed by atoms with E-state index in [1.807, 2.05) is 19.1 Å². The number of nitrogens with zero attached hydrogens (tertiary/aromatic N) is 1. The van der Waals surface area contributed by atoms with Crippen molar-refractivity contribution in [3.63, 3.8) is 0 Å². The molecule has 1 aliphatic rings. The maximum atomic E-state index is 13.9. The number of halogens is 2. The van der Waals surface area contributed by atoms with Crippen LogP contribution in [-0.4, -0.2) is 22.8 Å². The molecule has 1 heterocycles. The lowest BCUT2D eigenvalue weighted by Crippen LogP contribution is -2.38. The largest absolute Gasteiger partial charge is 0.480 e. The van der Waals surface area contributed by atoms with Gasteiger partial charge in [0.2, 0.25) is 0 Å². The minimum absolute atomic E-state index is 0.0377. The first-order valence-corrected chi connectivity index (χ1v) is 10.7. The van der Waals surface area contributed by atoms with Crippen LogP contribution in [0.5, 0.6) is 5.75 Å². The summed E-state index contributed by atoms with van der Waals surface area (Å²) in [6.45, 7) is 2.62. The third-order valence-electron chi connectivity index (χ3n) is 5.31. The highest BCUT2D eigenvalue weighted by Gasteiger charge is 2.30. The van der Waals surface area contributed by atoms with Gasteiger partial charge in [-0.15, -0.1) is 0 Å². The average Bonchev–Trinajstić information content (AvgIpc) is 2.91. The highest BCUT2D eigenvalue weighted by Crippen LogP contribution is 2.30. The van der Waals surface area contributed by atoms with Crippen molar-refractivity contribution in [1.82, 2.24) is 4.90 Å². The lowest BCUT2D eigenvalue weighted by molar-refractivity contribution is -0.139. The van der Waals surface area contributed by atoms with E-state index in [1.54, 1.807) is 41.3 Å². The minimum atomic E-state index is -0.595. The second-order valence-corrected chi connectivity index (χ2v) is 8.03. The van der Waals surface area contributed by atoms with E-state index < -0.39 is 17.8 Å². The molecule has 0 spiro atoms. The molecular weight excluding hydrogens is 431 g/mol. The maximum absolute atomic E-state index is 13.9. The van der Waals surface area contributed by atoms with Crippen LogP contribution in [0.25, 0.3) is 0 Å². The molecule has 1 atom stereocenters. The van der Waals surface area contributed by atoms with Crippen molar-refractivity contribution in [2.45, 2.75) is 32.5 Å². The lowest BCUT2D eigenvalue weighted by atomic mass is 10.1. The van der Waals surface area contributed by atoms with E-state index in [0.29, 0.717) is 36.0 Å². The Hall–Kier alpha value is -3.38. The van der Waals surface area contributed by atoms with Gasteiger partial charge in [-0.05, 0) is 54.4 Å². The molecule has 32 heavy (non-hydrogen) atoms. The summed E-state index contributed by atoms with van der Waals surface area (Å²) >= 11 is 5.98. The van der Waals surface area contributed by atoms with Crippen LogP contribution in [0.4, 0.5) is 10.1 Å². The molecule has 0 radical (unpaired) electrons. The van der Waals surface area contributed by atoms with Gasteiger partial charge < -0.3 is 15.0 Å². The fourth-order valence-corrected chi connectivity index (χ4v) is 3.76. The Morgan fingerprint density at radius 1 is 1.16 bits per heavy atom. The van der Waals surface area contributed by atoms with Crippen molar-refractivity contribution >= 4 is 29.1 Å². The summed E-state index contributed by atoms with van der Waals surface area (Å²) < 4.78 is 19.9. The number of anilines is 1. The first kappa shape index (κ1) is 21.8. The molecule has 4 rings (SSSR count). The van der Waals surface area contributed by atoms with Crippen molar-refractivity contribution in [2.75, 3.05) is 5.32 Å². The molecule has 0 saturated heterocycles. The quantitative estimate of drug-likeness (QED) is 0.561. The van der Waals surface area contributed by atoms with Gasteiger partial charge in [-0.2, -0.15) is 0 Å². The molecule has 164 valence electrons. The van der Waals surface area contributed by atoms with Gasteiger partial charge in [0.05, 0.1) is 5.56 Å². The van der Waals surface area contributed by atoms with E-state index in [-0.39, 0.29) is 11.5 Å². The topological polar surface area (TPSA) is 58.6 Å². The van der Waals surface area contributed by atoms with Gasteiger partial charge in [0.15, 0.2) is 6.10 Å². The van der Waals surface area contributed by atoms with Gasteiger partial charge in [-0.25, -0.2) is 4.39 Å². The molecule has 0 unspecified atom stereocenters. The zero-order valence-electron chi connectivity index (χ0n) is 17.5. The van der Waals surface area contributed by atoms with Crippen molar-refractivity contribution in [3.05, 3.63) is 94.3 Å². The van der Waals surface area contributed by atoms with Crippen molar-refractivity contribution in [2.24, 2.45) is 0 Å². The highest BCUT2D eigenvalue weighted by atomic mass is 35.5. The normalized spacial score (nSPS) is 15.5. The first-order chi connectivity index (χ1) is 15.4. The zero-order valence-corrected chi connectivity index (χ0v) is 18.2. The SMILES string of the molecule is CC[C@H]1Oc2ccc(NC(=O)c3ccccc3F)cc2CN(Cc2ccc(Cl)cc2)C1=O. The van der Waals surface area contributed by atoms with Crippen LogP contribution >= 0.6 is 11.6 Å². The van der Waals surface area contributed by atoms with Crippen LogP contribution in [0.2, 0.25) is 5.02 Å². The Morgan fingerprint density at radius 2 is 1.91 bits per heavy atom. The van der Waals surface area contributed by atoms with Gasteiger partial charge in [0, 0.05) is 29.4 Å². The number of ether oxygens (including phenoxy) is 1. The van der Waals surface area contributed by atoms with Crippen molar-refractivity contribution in [1.29, 1.82) is 0 Å². The van der Waals surface area contributed by atoms with Gasteiger partial charge in [0.1, 0.15) is 11.6 Å². The van der Waals surface area contributed by atoms with Crippen molar-refractivity contribution in [3.8, 4) is 5.75 Å². The van der Waals surface area contributed by atoms with E-state index in [9.17, 15) is 14.0 Å². The molecule has 3 aromatic rings. The highest BCUT2D eigenvalue weighted by molar-refractivity contribution is 6.30. The number of benzene rings is 3. The van der Waals surface area contributed by atoms with Crippen LogP contribution < -0.4 is 10.1 Å². The molecular formula is C25H22ClFN2O3. The second-order valence-electron chi connectivity index (χ2n) is 7.59. The van der Waals surface area contributed by atoms with Gasteiger partial charge >= 0.3 is 0 Å². The summed E-state index contributed by atoms with van der Waals surface area (Å²) in [5.41, 5.74) is 2.17. The Labute approximate surface area is 190 Å². The van der Waals surface area contributed by atoms with E-state index in [0.717, 1.165) is 11.1 Å². The smallest absolute Gasteiger partial charge is 0.264 e. The average molecular weight is 453 g/mol. The molecule has 0 aromatic heterocycles.